The molecule has 0 unspecified atom stereocenters. The third-order valence-electron chi connectivity index (χ3n) is 2.95. The monoisotopic (exact) mass is 265 g/mol. The van der Waals surface area contributed by atoms with Gasteiger partial charge in [-0.3, -0.25) is 10.1 Å². The molecule has 1 saturated heterocycles. The molecule has 102 valence electrons. The summed E-state index contributed by atoms with van der Waals surface area (Å²) in [7, 11) is 0. The second kappa shape index (κ2) is 5.79. The molecule has 0 spiro atoms. The molecule has 0 bridgehead atoms. The van der Waals surface area contributed by atoms with Gasteiger partial charge < -0.3 is 9.47 Å². The van der Waals surface area contributed by atoms with Crippen LogP contribution in [0.5, 0.6) is 0 Å². The molecule has 0 aromatic heterocycles. The van der Waals surface area contributed by atoms with Crippen LogP contribution < -0.4 is 0 Å². The summed E-state index contributed by atoms with van der Waals surface area (Å²) in [6.45, 7) is 2.31. The van der Waals surface area contributed by atoms with Gasteiger partial charge in [0.15, 0.2) is 0 Å². The van der Waals surface area contributed by atoms with Crippen LogP contribution in [0.1, 0.15) is 30.1 Å². The van der Waals surface area contributed by atoms with Crippen LogP contribution in [0.25, 0.3) is 0 Å². The number of ether oxygens (including phenoxy) is 2. The summed E-state index contributed by atoms with van der Waals surface area (Å²) in [6, 6.07) is 5.34. The van der Waals surface area contributed by atoms with Crippen LogP contribution in [0, 0.1) is 10.1 Å². The summed E-state index contributed by atoms with van der Waals surface area (Å²) in [6.07, 6.45) is 2.22. The van der Waals surface area contributed by atoms with Gasteiger partial charge in [0.1, 0.15) is 12.7 Å². The maximum absolute atomic E-state index is 11.7. The van der Waals surface area contributed by atoms with Crippen LogP contribution in [0.4, 0.5) is 5.69 Å². The van der Waals surface area contributed by atoms with E-state index in [1.54, 1.807) is 0 Å². The van der Waals surface area contributed by atoms with E-state index in [1.165, 1.54) is 24.3 Å². The topological polar surface area (TPSA) is 82.0 Å². The first-order valence-electron chi connectivity index (χ1n) is 6.19. The number of nitrogens with zero attached hydrogens (tertiary/aromatic N) is 1. The molecule has 1 aliphatic rings. The third-order valence-corrected chi connectivity index (χ3v) is 2.95. The highest BCUT2D eigenvalue weighted by atomic mass is 16.6. The number of hydrogen-bond acceptors (Lipinski definition) is 5. The van der Waals surface area contributed by atoms with Crippen molar-refractivity contribution in [3.63, 3.8) is 0 Å². The lowest BCUT2D eigenvalue weighted by Gasteiger charge is -2.02. The molecule has 2 rings (SSSR count). The van der Waals surface area contributed by atoms with Gasteiger partial charge in [-0.2, -0.15) is 0 Å². The first-order chi connectivity index (χ1) is 9.11. The van der Waals surface area contributed by atoms with Crippen molar-refractivity contribution in [2.45, 2.75) is 32.0 Å². The van der Waals surface area contributed by atoms with Crippen molar-refractivity contribution in [3.05, 3.63) is 39.9 Å². The van der Waals surface area contributed by atoms with E-state index in [2.05, 4.69) is 6.92 Å². The van der Waals surface area contributed by atoms with Gasteiger partial charge in [0, 0.05) is 12.1 Å². The minimum atomic E-state index is -0.511. The summed E-state index contributed by atoms with van der Waals surface area (Å²) in [5.74, 6) is -0.486. The molecule has 0 saturated carbocycles. The zero-order valence-corrected chi connectivity index (χ0v) is 10.6. The molecule has 1 aliphatic heterocycles. The van der Waals surface area contributed by atoms with Crippen LogP contribution in [-0.4, -0.2) is 29.7 Å². The standard InChI is InChI=1S/C13H15NO5/c1-2-3-11-12(19-11)8-18-13(15)9-4-6-10(7-5-9)14(16)17/h4-7,11-12H,2-3,8H2,1H3/t11-,12-/m0/s1. The predicted molar refractivity (Wildman–Crippen MR) is 66.9 cm³/mol. The Kier molecular flexibility index (Phi) is 4.11. The van der Waals surface area contributed by atoms with E-state index in [4.69, 9.17) is 9.47 Å². The lowest BCUT2D eigenvalue weighted by Crippen LogP contribution is -2.11. The second-order valence-electron chi connectivity index (χ2n) is 4.40. The van der Waals surface area contributed by atoms with Crippen molar-refractivity contribution in [1.29, 1.82) is 0 Å². The Morgan fingerprint density at radius 1 is 1.37 bits per heavy atom. The number of epoxide rings is 1. The molecule has 19 heavy (non-hydrogen) atoms. The van der Waals surface area contributed by atoms with Crippen LogP contribution >= 0.6 is 0 Å². The number of rotatable bonds is 6. The van der Waals surface area contributed by atoms with Gasteiger partial charge in [-0.15, -0.1) is 0 Å². The summed E-state index contributed by atoms with van der Waals surface area (Å²) in [5, 5.41) is 10.5. The smallest absolute Gasteiger partial charge is 0.338 e. The lowest BCUT2D eigenvalue weighted by atomic mass is 10.2. The van der Waals surface area contributed by atoms with Crippen LogP contribution in [0.15, 0.2) is 24.3 Å². The molecule has 1 aromatic carbocycles. The van der Waals surface area contributed by atoms with Gasteiger partial charge in [-0.05, 0) is 18.6 Å². The first-order valence-corrected chi connectivity index (χ1v) is 6.19. The fourth-order valence-electron chi connectivity index (χ4n) is 1.82. The number of non-ortho nitro benzene ring substituents is 1. The average molecular weight is 265 g/mol. The van der Waals surface area contributed by atoms with E-state index >= 15 is 0 Å². The number of benzene rings is 1. The number of nitro benzene ring substituents is 1. The predicted octanol–water partition coefficient (Wildman–Crippen LogP) is 2.32. The van der Waals surface area contributed by atoms with Crippen molar-refractivity contribution < 1.29 is 19.2 Å². The number of nitro groups is 1. The molecule has 1 aromatic rings. The number of hydrogen-bond donors (Lipinski definition) is 0. The van der Waals surface area contributed by atoms with Gasteiger partial charge in [0.05, 0.1) is 16.6 Å². The molecule has 1 fully saturated rings. The lowest BCUT2D eigenvalue weighted by molar-refractivity contribution is -0.384. The van der Waals surface area contributed by atoms with Gasteiger partial charge in [0.2, 0.25) is 0 Å². The average Bonchev–Trinajstić information content (AvgIpc) is 3.15. The Balaban J connectivity index is 1.82. The normalized spacial score (nSPS) is 20.9. The first kappa shape index (κ1) is 13.5. The molecule has 0 aliphatic carbocycles. The quantitative estimate of drug-likeness (QED) is 0.341. The minimum absolute atomic E-state index is 0.00180. The highest BCUT2D eigenvalue weighted by Crippen LogP contribution is 2.26. The van der Waals surface area contributed by atoms with E-state index in [0.29, 0.717) is 5.56 Å². The molecule has 2 atom stereocenters. The van der Waals surface area contributed by atoms with Crippen molar-refractivity contribution in [2.75, 3.05) is 6.61 Å². The molecular formula is C13H15NO5. The van der Waals surface area contributed by atoms with Gasteiger partial charge in [0.25, 0.3) is 5.69 Å². The highest BCUT2D eigenvalue weighted by molar-refractivity contribution is 5.89. The zero-order valence-electron chi connectivity index (χ0n) is 10.6. The maximum atomic E-state index is 11.7. The van der Waals surface area contributed by atoms with Crippen molar-refractivity contribution in [1.82, 2.24) is 0 Å². The van der Waals surface area contributed by atoms with Crippen LogP contribution in [-0.2, 0) is 9.47 Å². The fourth-order valence-corrected chi connectivity index (χ4v) is 1.82. The maximum Gasteiger partial charge on any atom is 0.338 e. The SMILES string of the molecule is CCC[C@@H]1O[C@H]1COC(=O)c1ccc([N+](=O)[O-])cc1. The largest absolute Gasteiger partial charge is 0.459 e. The number of esters is 1. The molecule has 6 heteroatoms. The summed E-state index contributed by atoms with van der Waals surface area (Å²) in [5.41, 5.74) is 0.253. The zero-order chi connectivity index (χ0) is 13.8. The molecular weight excluding hydrogens is 250 g/mol. The summed E-state index contributed by atoms with van der Waals surface area (Å²) in [4.78, 5) is 21.6. The Bertz CT molecular complexity index is 470. The molecule has 0 amide bonds. The van der Waals surface area contributed by atoms with Crippen LogP contribution in [0.2, 0.25) is 0 Å². The summed E-state index contributed by atoms with van der Waals surface area (Å²) >= 11 is 0. The summed E-state index contributed by atoms with van der Waals surface area (Å²) < 4.78 is 10.4. The van der Waals surface area contributed by atoms with E-state index < -0.39 is 10.9 Å². The van der Waals surface area contributed by atoms with E-state index in [1.807, 2.05) is 0 Å². The third kappa shape index (κ3) is 3.51. The Labute approximate surface area is 110 Å². The Morgan fingerprint density at radius 3 is 2.63 bits per heavy atom. The number of carbonyl (C=O) groups is 1. The highest BCUT2D eigenvalue weighted by Gasteiger charge is 2.38. The van der Waals surface area contributed by atoms with Gasteiger partial charge in [-0.25, -0.2) is 4.79 Å². The molecule has 1 heterocycles. The van der Waals surface area contributed by atoms with E-state index in [-0.39, 0.29) is 24.5 Å². The molecule has 6 nitrogen and oxygen atoms in total. The van der Waals surface area contributed by atoms with Crippen molar-refractivity contribution in [3.8, 4) is 0 Å². The van der Waals surface area contributed by atoms with Crippen molar-refractivity contribution in [2.24, 2.45) is 0 Å². The molecule has 0 N–H and O–H groups in total. The van der Waals surface area contributed by atoms with Crippen molar-refractivity contribution >= 4 is 11.7 Å². The van der Waals surface area contributed by atoms with Gasteiger partial charge in [-0.1, -0.05) is 13.3 Å². The molecule has 0 radical (unpaired) electrons. The Hall–Kier alpha value is -1.95. The number of carbonyl (C=O) groups excluding carboxylic acids is 1. The van der Waals surface area contributed by atoms with Crippen LogP contribution in [0.3, 0.4) is 0 Å². The van der Waals surface area contributed by atoms with Gasteiger partial charge >= 0.3 is 5.97 Å². The Morgan fingerprint density at radius 2 is 2.05 bits per heavy atom. The minimum Gasteiger partial charge on any atom is -0.459 e. The van der Waals surface area contributed by atoms with E-state index in [9.17, 15) is 14.9 Å². The second-order valence-corrected chi connectivity index (χ2v) is 4.40. The fraction of sp³-hybridized carbons (Fsp3) is 0.462. The van der Waals surface area contributed by atoms with E-state index in [0.717, 1.165) is 12.8 Å².